The molecule has 1 saturated carbocycles. The third-order valence-electron chi connectivity index (χ3n) is 5.65. The van der Waals surface area contributed by atoms with Crippen LogP contribution in [0.15, 0.2) is 46.4 Å². The van der Waals surface area contributed by atoms with Crippen molar-refractivity contribution in [3.63, 3.8) is 0 Å². The molecule has 2 aliphatic rings. The molecule has 152 valence electrons. The second-order valence-electron chi connectivity index (χ2n) is 8.95. The summed E-state index contributed by atoms with van der Waals surface area (Å²) in [4.78, 5) is 25.2. The van der Waals surface area contributed by atoms with Gasteiger partial charge in [-0.2, -0.15) is 0 Å². The summed E-state index contributed by atoms with van der Waals surface area (Å²) in [7, 11) is -3.60. The largest absolute Gasteiger partial charge is 0.461 e. The summed E-state index contributed by atoms with van der Waals surface area (Å²) >= 11 is 0. The number of hydrogen-bond acceptors (Lipinski definition) is 5. The SMILES string of the molecule is CC1CC2=C(CS(=O)(=O)c3ccccc3)C(=O)CCC2[C@@H]1OC(=O)C(C)(C)C. The molecule has 0 radical (unpaired) electrons. The molecule has 0 saturated heterocycles. The Morgan fingerprint density at radius 3 is 2.43 bits per heavy atom. The molecule has 3 rings (SSSR count). The Hall–Kier alpha value is -1.95. The Labute approximate surface area is 167 Å². The van der Waals surface area contributed by atoms with Crippen molar-refractivity contribution in [1.29, 1.82) is 0 Å². The Bertz CT molecular complexity index is 906. The number of ketones is 1. The van der Waals surface area contributed by atoms with Gasteiger partial charge in [0.2, 0.25) is 0 Å². The number of fused-ring (bicyclic) bond motifs is 1. The molecule has 0 heterocycles. The van der Waals surface area contributed by atoms with Crippen LogP contribution in [0.2, 0.25) is 0 Å². The third-order valence-corrected chi connectivity index (χ3v) is 7.30. The molecule has 0 bridgehead atoms. The van der Waals surface area contributed by atoms with E-state index < -0.39 is 15.3 Å². The van der Waals surface area contributed by atoms with E-state index in [1.54, 1.807) is 30.3 Å². The van der Waals surface area contributed by atoms with Gasteiger partial charge in [0.15, 0.2) is 15.6 Å². The zero-order chi connectivity index (χ0) is 20.7. The number of benzene rings is 1. The van der Waals surface area contributed by atoms with Gasteiger partial charge in [0, 0.05) is 17.9 Å². The van der Waals surface area contributed by atoms with Gasteiger partial charge in [-0.25, -0.2) is 8.42 Å². The molecule has 1 fully saturated rings. The van der Waals surface area contributed by atoms with E-state index in [-0.39, 0.29) is 40.3 Å². The second-order valence-corrected chi connectivity index (χ2v) is 10.9. The summed E-state index contributed by atoms with van der Waals surface area (Å²) in [6, 6.07) is 8.22. The van der Waals surface area contributed by atoms with Crippen LogP contribution in [0, 0.1) is 17.3 Å². The first-order valence-electron chi connectivity index (χ1n) is 9.74. The van der Waals surface area contributed by atoms with Crippen LogP contribution in [0.25, 0.3) is 0 Å². The molecule has 0 N–H and O–H groups in total. The van der Waals surface area contributed by atoms with Gasteiger partial charge in [-0.05, 0) is 51.7 Å². The summed E-state index contributed by atoms with van der Waals surface area (Å²) in [5, 5.41) is 0. The van der Waals surface area contributed by atoms with Crippen LogP contribution in [-0.2, 0) is 24.2 Å². The predicted octanol–water partition coefficient (Wildman–Crippen LogP) is 3.73. The van der Waals surface area contributed by atoms with Crippen LogP contribution in [0.5, 0.6) is 0 Å². The molecular formula is C22H28O5S. The number of Topliss-reactive ketones (excluding diaryl/α,β-unsaturated/α-hetero) is 1. The minimum atomic E-state index is -3.60. The van der Waals surface area contributed by atoms with E-state index in [2.05, 4.69) is 0 Å². The van der Waals surface area contributed by atoms with Crippen molar-refractivity contribution in [2.24, 2.45) is 17.3 Å². The molecule has 3 atom stereocenters. The minimum absolute atomic E-state index is 0.0617. The average Bonchev–Trinajstić information content (AvgIpc) is 2.93. The van der Waals surface area contributed by atoms with Crippen LogP contribution >= 0.6 is 0 Å². The smallest absolute Gasteiger partial charge is 0.311 e. The molecule has 28 heavy (non-hydrogen) atoms. The zero-order valence-corrected chi connectivity index (χ0v) is 17.7. The lowest BCUT2D eigenvalue weighted by Crippen LogP contribution is -2.34. The average molecular weight is 405 g/mol. The van der Waals surface area contributed by atoms with E-state index in [0.29, 0.717) is 24.8 Å². The van der Waals surface area contributed by atoms with Gasteiger partial charge < -0.3 is 4.74 Å². The molecule has 5 nitrogen and oxygen atoms in total. The fourth-order valence-corrected chi connectivity index (χ4v) is 5.55. The molecule has 1 aromatic carbocycles. The first-order valence-corrected chi connectivity index (χ1v) is 11.4. The standard InChI is InChI=1S/C22H28O5S/c1-14-12-17-16(20(14)27-21(24)22(2,3)4)10-11-19(23)18(17)13-28(25,26)15-8-6-5-7-9-15/h5-9,14,16,20H,10-13H2,1-4H3/t14?,16?,20-/m1/s1. The fraction of sp³-hybridized carbons (Fsp3) is 0.545. The lowest BCUT2D eigenvalue weighted by atomic mass is 9.83. The molecule has 0 aromatic heterocycles. The van der Waals surface area contributed by atoms with Gasteiger partial charge in [0.1, 0.15) is 6.10 Å². The van der Waals surface area contributed by atoms with E-state index in [1.165, 1.54) is 0 Å². The summed E-state index contributed by atoms with van der Waals surface area (Å²) in [6.07, 6.45) is 1.20. The highest BCUT2D eigenvalue weighted by molar-refractivity contribution is 7.91. The molecule has 0 aliphatic heterocycles. The summed E-state index contributed by atoms with van der Waals surface area (Å²) < 4.78 is 31.5. The number of carbonyl (C=O) groups excluding carboxylic acids is 2. The minimum Gasteiger partial charge on any atom is -0.461 e. The first kappa shape index (κ1) is 20.8. The highest BCUT2D eigenvalue weighted by Crippen LogP contribution is 2.46. The normalized spacial score (nSPS) is 25.6. The maximum absolute atomic E-state index is 12.8. The van der Waals surface area contributed by atoms with Crippen LogP contribution in [-0.4, -0.2) is 32.0 Å². The number of esters is 1. The highest BCUT2D eigenvalue weighted by atomic mass is 32.2. The van der Waals surface area contributed by atoms with Crippen molar-refractivity contribution < 1.29 is 22.7 Å². The van der Waals surface area contributed by atoms with Gasteiger partial charge in [-0.1, -0.05) is 30.7 Å². The molecule has 2 aliphatic carbocycles. The van der Waals surface area contributed by atoms with Gasteiger partial charge in [0.25, 0.3) is 0 Å². The fourth-order valence-electron chi connectivity index (χ4n) is 4.08. The van der Waals surface area contributed by atoms with E-state index >= 15 is 0 Å². The molecule has 2 unspecified atom stereocenters. The lowest BCUT2D eigenvalue weighted by Gasteiger charge is -2.29. The van der Waals surface area contributed by atoms with Crippen molar-refractivity contribution in [3.8, 4) is 0 Å². The third kappa shape index (κ3) is 4.07. The summed E-state index contributed by atoms with van der Waals surface area (Å²) in [6.45, 7) is 7.44. The van der Waals surface area contributed by atoms with E-state index in [0.717, 1.165) is 5.57 Å². The Morgan fingerprint density at radius 2 is 1.82 bits per heavy atom. The number of rotatable bonds is 4. The van der Waals surface area contributed by atoms with Gasteiger partial charge in [-0.3, -0.25) is 9.59 Å². The Balaban J connectivity index is 1.91. The van der Waals surface area contributed by atoms with Crippen molar-refractivity contribution in [3.05, 3.63) is 41.5 Å². The molecule has 0 amide bonds. The van der Waals surface area contributed by atoms with Crippen molar-refractivity contribution >= 4 is 21.6 Å². The molecule has 0 spiro atoms. The maximum atomic E-state index is 12.8. The summed E-state index contributed by atoms with van der Waals surface area (Å²) in [5.41, 5.74) is 0.673. The van der Waals surface area contributed by atoms with Crippen LogP contribution in [0.3, 0.4) is 0 Å². The molecule has 6 heteroatoms. The van der Waals surface area contributed by atoms with Gasteiger partial charge in [-0.15, -0.1) is 0 Å². The zero-order valence-electron chi connectivity index (χ0n) is 16.9. The van der Waals surface area contributed by atoms with Crippen LogP contribution < -0.4 is 0 Å². The van der Waals surface area contributed by atoms with Crippen LogP contribution in [0.4, 0.5) is 0 Å². The number of carbonyl (C=O) groups is 2. The Morgan fingerprint density at radius 1 is 1.18 bits per heavy atom. The molecule has 1 aromatic rings. The van der Waals surface area contributed by atoms with Crippen molar-refractivity contribution in [2.75, 3.05) is 5.75 Å². The summed E-state index contributed by atoms with van der Waals surface area (Å²) in [5.74, 6) is -0.651. The van der Waals surface area contributed by atoms with E-state index in [4.69, 9.17) is 4.74 Å². The highest BCUT2D eigenvalue weighted by Gasteiger charge is 2.45. The Kier molecular flexibility index (Phi) is 5.54. The van der Waals surface area contributed by atoms with Crippen molar-refractivity contribution in [1.82, 2.24) is 0 Å². The predicted molar refractivity (Wildman–Crippen MR) is 106 cm³/mol. The second kappa shape index (κ2) is 7.47. The quantitative estimate of drug-likeness (QED) is 0.715. The number of hydrogen-bond donors (Lipinski definition) is 0. The van der Waals surface area contributed by atoms with Crippen LogP contribution in [0.1, 0.15) is 47.0 Å². The van der Waals surface area contributed by atoms with Gasteiger partial charge >= 0.3 is 5.97 Å². The lowest BCUT2D eigenvalue weighted by molar-refractivity contribution is -0.162. The monoisotopic (exact) mass is 404 g/mol. The molecular weight excluding hydrogens is 376 g/mol. The number of ether oxygens (including phenoxy) is 1. The van der Waals surface area contributed by atoms with E-state index in [1.807, 2.05) is 27.7 Å². The first-order chi connectivity index (χ1) is 13.0. The topological polar surface area (TPSA) is 77.5 Å². The number of sulfone groups is 1. The van der Waals surface area contributed by atoms with Crippen molar-refractivity contribution in [2.45, 2.75) is 58.0 Å². The maximum Gasteiger partial charge on any atom is 0.311 e. The van der Waals surface area contributed by atoms with E-state index in [9.17, 15) is 18.0 Å². The van der Waals surface area contributed by atoms with Gasteiger partial charge in [0.05, 0.1) is 16.1 Å².